The topological polar surface area (TPSA) is 79.9 Å². The molecule has 0 bridgehead atoms. The number of hydrogen-bond donors (Lipinski definition) is 2. The molecule has 1 heterocycles. The van der Waals surface area contributed by atoms with Gasteiger partial charge in [-0.1, -0.05) is 35.5 Å². The number of carbonyl (C=O) groups is 1. The Morgan fingerprint density at radius 3 is 2.77 bits per heavy atom. The summed E-state index contributed by atoms with van der Waals surface area (Å²) in [6, 6.07) is 14.5. The van der Waals surface area contributed by atoms with Gasteiger partial charge in [-0.15, -0.1) is 5.10 Å². The maximum absolute atomic E-state index is 12.0. The summed E-state index contributed by atoms with van der Waals surface area (Å²) >= 11 is 10.5. The third-order valence-corrected chi connectivity index (χ3v) is 4.97. The molecule has 0 spiro atoms. The summed E-state index contributed by atoms with van der Waals surface area (Å²) in [5.74, 6) is 1.34. The van der Waals surface area contributed by atoms with Gasteiger partial charge in [-0.2, -0.15) is 0 Å². The van der Waals surface area contributed by atoms with Crippen LogP contribution in [0.2, 0.25) is 5.02 Å². The van der Waals surface area contributed by atoms with Crippen LogP contribution < -0.4 is 10.1 Å². The average molecular weight is 454 g/mol. The van der Waals surface area contributed by atoms with Crippen LogP contribution in [-0.2, 0) is 11.4 Å². The number of ether oxygens (including phenoxy) is 1. The van der Waals surface area contributed by atoms with E-state index in [1.54, 1.807) is 24.3 Å². The van der Waals surface area contributed by atoms with Crippen molar-refractivity contribution in [3.05, 3.63) is 63.9 Å². The van der Waals surface area contributed by atoms with Crippen molar-refractivity contribution in [2.45, 2.75) is 11.8 Å². The Balaban J connectivity index is 1.46. The van der Waals surface area contributed by atoms with E-state index in [4.69, 9.17) is 16.3 Å². The zero-order valence-electron chi connectivity index (χ0n) is 13.4. The van der Waals surface area contributed by atoms with Gasteiger partial charge in [0.05, 0.1) is 11.4 Å². The maximum atomic E-state index is 12.0. The van der Waals surface area contributed by atoms with Crippen molar-refractivity contribution >= 4 is 50.9 Å². The largest absolute Gasteiger partial charge is 0.486 e. The highest BCUT2D eigenvalue weighted by molar-refractivity contribution is 9.10. The van der Waals surface area contributed by atoms with Crippen molar-refractivity contribution in [3.63, 3.8) is 0 Å². The number of amides is 1. The van der Waals surface area contributed by atoms with Gasteiger partial charge in [-0.05, 0) is 52.3 Å². The van der Waals surface area contributed by atoms with Gasteiger partial charge in [-0.25, -0.2) is 4.98 Å². The Morgan fingerprint density at radius 2 is 2.00 bits per heavy atom. The molecule has 0 atom stereocenters. The van der Waals surface area contributed by atoms with E-state index in [1.807, 2.05) is 24.3 Å². The van der Waals surface area contributed by atoms with E-state index < -0.39 is 0 Å². The Morgan fingerprint density at radius 1 is 1.23 bits per heavy atom. The number of H-pyrrole nitrogens is 1. The Labute approximate surface area is 167 Å². The van der Waals surface area contributed by atoms with Crippen LogP contribution in [0, 0.1) is 0 Å². The molecule has 0 aliphatic heterocycles. The van der Waals surface area contributed by atoms with Gasteiger partial charge in [-0.3, -0.25) is 9.89 Å². The number of benzene rings is 2. The van der Waals surface area contributed by atoms with Crippen LogP contribution in [-0.4, -0.2) is 26.8 Å². The maximum Gasteiger partial charge on any atom is 0.234 e. The minimum absolute atomic E-state index is 0.134. The summed E-state index contributed by atoms with van der Waals surface area (Å²) in [5.41, 5.74) is 0.727. The van der Waals surface area contributed by atoms with Gasteiger partial charge in [0, 0.05) is 9.50 Å². The molecule has 0 aliphatic rings. The first-order chi connectivity index (χ1) is 12.6. The molecule has 3 rings (SSSR count). The third kappa shape index (κ3) is 5.48. The van der Waals surface area contributed by atoms with Gasteiger partial charge in [0.1, 0.15) is 12.4 Å². The molecule has 0 aliphatic carbocycles. The predicted molar refractivity (Wildman–Crippen MR) is 106 cm³/mol. The third-order valence-electron chi connectivity index (χ3n) is 3.18. The molecule has 0 radical (unpaired) electrons. The minimum Gasteiger partial charge on any atom is -0.486 e. The highest BCUT2D eigenvalue weighted by atomic mass is 79.9. The first-order valence-electron chi connectivity index (χ1n) is 7.57. The van der Waals surface area contributed by atoms with Crippen LogP contribution >= 0.6 is 39.3 Å². The number of rotatable bonds is 7. The van der Waals surface area contributed by atoms with E-state index in [9.17, 15) is 4.79 Å². The van der Waals surface area contributed by atoms with Crippen molar-refractivity contribution in [1.82, 2.24) is 15.2 Å². The second-order valence-corrected chi connectivity index (χ2v) is 7.36. The summed E-state index contributed by atoms with van der Waals surface area (Å²) in [6.45, 7) is 0.248. The molecule has 3 aromatic rings. The summed E-state index contributed by atoms with van der Waals surface area (Å²) in [5, 5.41) is 10.8. The quantitative estimate of drug-likeness (QED) is 0.514. The van der Waals surface area contributed by atoms with Crippen LogP contribution in [0.1, 0.15) is 5.82 Å². The van der Waals surface area contributed by atoms with Gasteiger partial charge in [0.2, 0.25) is 11.1 Å². The van der Waals surface area contributed by atoms with Gasteiger partial charge >= 0.3 is 0 Å². The number of carbonyl (C=O) groups excluding carboxylic acids is 1. The first-order valence-corrected chi connectivity index (χ1v) is 9.72. The SMILES string of the molecule is O=C(CSc1n[nH]c(COc2ccc(Cl)cc2)n1)Nc1ccccc1Br. The van der Waals surface area contributed by atoms with Crippen LogP contribution in [0.15, 0.2) is 58.2 Å². The molecule has 1 amide bonds. The zero-order chi connectivity index (χ0) is 18.4. The fraction of sp³-hybridized carbons (Fsp3) is 0.118. The molecule has 2 N–H and O–H groups in total. The lowest BCUT2D eigenvalue weighted by Crippen LogP contribution is -2.14. The molecule has 6 nitrogen and oxygen atoms in total. The van der Waals surface area contributed by atoms with Crippen molar-refractivity contribution in [1.29, 1.82) is 0 Å². The molecular weight excluding hydrogens is 440 g/mol. The van der Waals surface area contributed by atoms with Crippen LogP contribution in [0.5, 0.6) is 5.75 Å². The smallest absolute Gasteiger partial charge is 0.234 e. The normalized spacial score (nSPS) is 10.5. The number of halogens is 2. The Bertz CT molecular complexity index is 888. The van der Waals surface area contributed by atoms with Gasteiger partial charge < -0.3 is 10.1 Å². The molecule has 0 unspecified atom stereocenters. The fourth-order valence-corrected chi connectivity index (χ4v) is 3.10. The second-order valence-electron chi connectivity index (χ2n) is 5.12. The first kappa shape index (κ1) is 18.8. The van der Waals surface area contributed by atoms with Crippen molar-refractivity contribution in [2.24, 2.45) is 0 Å². The number of nitrogens with zero attached hydrogens (tertiary/aromatic N) is 2. The Kier molecular flexibility index (Phi) is 6.54. The lowest BCUT2D eigenvalue weighted by atomic mass is 10.3. The lowest BCUT2D eigenvalue weighted by Gasteiger charge is -2.05. The Hall–Kier alpha value is -2.03. The summed E-state index contributed by atoms with van der Waals surface area (Å²) in [4.78, 5) is 16.3. The number of para-hydroxylation sites is 1. The molecule has 1 aromatic heterocycles. The molecule has 9 heteroatoms. The second kappa shape index (κ2) is 9.07. The van der Waals surface area contributed by atoms with Crippen molar-refractivity contribution in [2.75, 3.05) is 11.1 Å². The minimum atomic E-state index is -0.134. The number of aromatic amines is 1. The summed E-state index contributed by atoms with van der Waals surface area (Å²) < 4.78 is 6.42. The number of anilines is 1. The number of aromatic nitrogens is 3. The fourth-order valence-electron chi connectivity index (χ4n) is 1.97. The summed E-state index contributed by atoms with van der Waals surface area (Å²) in [7, 11) is 0. The van der Waals surface area contributed by atoms with E-state index in [2.05, 4.69) is 36.4 Å². The van der Waals surface area contributed by atoms with E-state index in [1.165, 1.54) is 11.8 Å². The lowest BCUT2D eigenvalue weighted by molar-refractivity contribution is -0.113. The molecule has 26 heavy (non-hydrogen) atoms. The molecule has 0 saturated carbocycles. The van der Waals surface area contributed by atoms with Crippen LogP contribution in [0.25, 0.3) is 0 Å². The number of hydrogen-bond acceptors (Lipinski definition) is 5. The van der Waals surface area contributed by atoms with Gasteiger partial charge in [0.15, 0.2) is 5.82 Å². The van der Waals surface area contributed by atoms with Crippen molar-refractivity contribution in [3.8, 4) is 5.75 Å². The van der Waals surface area contributed by atoms with E-state index in [0.29, 0.717) is 21.8 Å². The monoisotopic (exact) mass is 452 g/mol. The molecular formula is C17H14BrClN4O2S. The molecule has 134 valence electrons. The molecule has 2 aromatic carbocycles. The zero-order valence-corrected chi connectivity index (χ0v) is 16.6. The molecule has 0 saturated heterocycles. The number of thioether (sulfide) groups is 1. The predicted octanol–water partition coefficient (Wildman–Crippen LogP) is 4.53. The standard InChI is InChI=1S/C17H14BrClN4O2S/c18-13-3-1-2-4-14(13)20-16(24)10-26-17-21-15(22-23-17)9-25-12-7-5-11(19)6-8-12/h1-8H,9-10H2,(H,20,24)(H,21,22,23). The van der Waals surface area contributed by atoms with Crippen molar-refractivity contribution < 1.29 is 9.53 Å². The number of nitrogens with one attached hydrogen (secondary N) is 2. The van der Waals surface area contributed by atoms with Crippen LogP contribution in [0.4, 0.5) is 5.69 Å². The summed E-state index contributed by atoms with van der Waals surface area (Å²) in [6.07, 6.45) is 0. The van der Waals surface area contributed by atoms with E-state index >= 15 is 0 Å². The van der Waals surface area contributed by atoms with Gasteiger partial charge in [0.25, 0.3) is 0 Å². The van der Waals surface area contributed by atoms with E-state index in [0.717, 1.165) is 10.2 Å². The average Bonchev–Trinajstić information content (AvgIpc) is 3.09. The highest BCUT2D eigenvalue weighted by Gasteiger charge is 2.09. The molecule has 0 fully saturated rings. The van der Waals surface area contributed by atoms with Crippen LogP contribution in [0.3, 0.4) is 0 Å². The van der Waals surface area contributed by atoms with E-state index in [-0.39, 0.29) is 18.3 Å². The highest BCUT2D eigenvalue weighted by Crippen LogP contribution is 2.22.